The summed E-state index contributed by atoms with van der Waals surface area (Å²) in [6.07, 6.45) is 3.70. The molecule has 2 heterocycles. The second kappa shape index (κ2) is 7.23. The predicted molar refractivity (Wildman–Crippen MR) is 87.5 cm³/mol. The second-order valence-electron chi connectivity index (χ2n) is 6.64. The highest BCUT2D eigenvalue weighted by atomic mass is 16.5. The zero-order chi connectivity index (χ0) is 17.0. The lowest BCUT2D eigenvalue weighted by Gasteiger charge is -2.42. The Morgan fingerprint density at radius 1 is 1.43 bits per heavy atom. The minimum absolute atomic E-state index is 0.155. The Labute approximate surface area is 136 Å². The number of hydrogen-bond acceptors (Lipinski definition) is 5. The fourth-order valence-electron chi connectivity index (χ4n) is 2.78. The van der Waals surface area contributed by atoms with Crippen molar-refractivity contribution in [2.45, 2.75) is 38.3 Å². The Morgan fingerprint density at radius 3 is 2.65 bits per heavy atom. The molecule has 1 aliphatic heterocycles. The third-order valence-corrected chi connectivity index (χ3v) is 4.52. The number of methoxy groups -OCH3 is 1. The first kappa shape index (κ1) is 17.6. The molecule has 1 aromatic rings. The highest BCUT2D eigenvalue weighted by Gasteiger charge is 2.31. The van der Waals surface area contributed by atoms with Gasteiger partial charge in [-0.3, -0.25) is 14.5 Å². The Bertz CT molecular complexity index is 604. The quantitative estimate of drug-likeness (QED) is 0.849. The van der Waals surface area contributed by atoms with Crippen LogP contribution in [0.15, 0.2) is 17.2 Å². The van der Waals surface area contributed by atoms with Gasteiger partial charge < -0.3 is 14.6 Å². The van der Waals surface area contributed by atoms with Crippen LogP contribution in [0.25, 0.3) is 0 Å². The van der Waals surface area contributed by atoms with Gasteiger partial charge in [0.15, 0.2) is 0 Å². The van der Waals surface area contributed by atoms with E-state index in [9.17, 15) is 9.59 Å². The summed E-state index contributed by atoms with van der Waals surface area (Å²) in [6, 6.07) is 1.26. The molecule has 2 rings (SSSR count). The lowest BCUT2D eigenvalue weighted by atomic mass is 9.97. The standard InChI is InChI=1S/C16H26N4O3/c1-16(2,20-7-5-12(23-4)6-8-20)10-17-15(22)13-9-14(21)19(3)11-18-13/h9,11-12H,5-8,10H2,1-4H3,(H,17,22). The smallest absolute Gasteiger partial charge is 0.270 e. The molecule has 1 aliphatic rings. The Morgan fingerprint density at radius 2 is 2.09 bits per heavy atom. The van der Waals surface area contributed by atoms with Crippen LogP contribution < -0.4 is 10.9 Å². The van der Waals surface area contributed by atoms with Crippen molar-refractivity contribution in [2.24, 2.45) is 7.05 Å². The first-order chi connectivity index (χ1) is 10.8. The zero-order valence-corrected chi connectivity index (χ0v) is 14.3. The molecule has 1 saturated heterocycles. The highest BCUT2D eigenvalue weighted by molar-refractivity contribution is 5.92. The van der Waals surface area contributed by atoms with Gasteiger partial charge in [-0.15, -0.1) is 0 Å². The summed E-state index contributed by atoms with van der Waals surface area (Å²) in [5.41, 5.74) is -0.248. The van der Waals surface area contributed by atoms with Crippen molar-refractivity contribution in [1.82, 2.24) is 19.8 Å². The van der Waals surface area contributed by atoms with E-state index in [4.69, 9.17) is 4.74 Å². The van der Waals surface area contributed by atoms with Gasteiger partial charge in [-0.2, -0.15) is 0 Å². The van der Waals surface area contributed by atoms with E-state index in [2.05, 4.69) is 29.0 Å². The molecule has 0 unspecified atom stereocenters. The first-order valence-corrected chi connectivity index (χ1v) is 7.92. The molecule has 0 spiro atoms. The van der Waals surface area contributed by atoms with Crippen LogP contribution in [0.3, 0.4) is 0 Å². The van der Waals surface area contributed by atoms with Crippen LogP contribution in [0.2, 0.25) is 0 Å². The number of carbonyl (C=O) groups excluding carboxylic acids is 1. The van der Waals surface area contributed by atoms with Crippen molar-refractivity contribution in [3.05, 3.63) is 28.4 Å². The van der Waals surface area contributed by atoms with Gasteiger partial charge in [0.05, 0.1) is 12.4 Å². The molecular weight excluding hydrogens is 296 g/mol. The van der Waals surface area contributed by atoms with E-state index in [0.717, 1.165) is 25.9 Å². The van der Waals surface area contributed by atoms with Gasteiger partial charge in [0.2, 0.25) is 0 Å². The Kier molecular flexibility index (Phi) is 5.54. The Balaban J connectivity index is 1.92. The summed E-state index contributed by atoms with van der Waals surface area (Å²) in [6.45, 7) is 6.62. The highest BCUT2D eigenvalue weighted by Crippen LogP contribution is 2.21. The van der Waals surface area contributed by atoms with E-state index in [1.807, 2.05) is 0 Å². The van der Waals surface area contributed by atoms with Crippen molar-refractivity contribution >= 4 is 5.91 Å². The van der Waals surface area contributed by atoms with Crippen molar-refractivity contribution in [3.63, 3.8) is 0 Å². The lowest BCUT2D eigenvalue weighted by molar-refractivity contribution is 0.00675. The largest absolute Gasteiger partial charge is 0.381 e. The molecule has 1 fully saturated rings. The van der Waals surface area contributed by atoms with Crippen molar-refractivity contribution in [1.29, 1.82) is 0 Å². The van der Waals surface area contributed by atoms with E-state index < -0.39 is 0 Å². The summed E-state index contributed by atoms with van der Waals surface area (Å²) in [5.74, 6) is -0.317. The van der Waals surface area contributed by atoms with Crippen LogP contribution in [0.4, 0.5) is 0 Å². The van der Waals surface area contributed by atoms with E-state index in [1.165, 1.54) is 17.0 Å². The first-order valence-electron chi connectivity index (χ1n) is 7.92. The van der Waals surface area contributed by atoms with Gasteiger partial charge in [-0.25, -0.2) is 4.98 Å². The third-order valence-electron chi connectivity index (χ3n) is 4.52. The average Bonchev–Trinajstić information content (AvgIpc) is 2.55. The molecule has 1 aromatic heterocycles. The molecule has 0 aliphatic carbocycles. The van der Waals surface area contributed by atoms with E-state index >= 15 is 0 Å². The third kappa shape index (κ3) is 4.39. The molecule has 23 heavy (non-hydrogen) atoms. The normalized spacial score (nSPS) is 17.2. The molecule has 0 atom stereocenters. The van der Waals surface area contributed by atoms with Crippen molar-refractivity contribution in [3.8, 4) is 0 Å². The maximum atomic E-state index is 12.2. The van der Waals surface area contributed by atoms with Crippen LogP contribution >= 0.6 is 0 Å². The van der Waals surface area contributed by atoms with Gasteiger partial charge in [0, 0.05) is 45.4 Å². The maximum absolute atomic E-state index is 12.2. The van der Waals surface area contributed by atoms with Crippen LogP contribution in [0, 0.1) is 0 Å². The molecule has 7 heteroatoms. The van der Waals surface area contributed by atoms with Gasteiger partial charge >= 0.3 is 0 Å². The minimum atomic E-state index is -0.317. The molecule has 7 nitrogen and oxygen atoms in total. The fraction of sp³-hybridized carbons (Fsp3) is 0.688. The van der Waals surface area contributed by atoms with E-state index in [1.54, 1.807) is 14.2 Å². The number of amides is 1. The predicted octanol–water partition coefficient (Wildman–Crippen LogP) is 0.400. The number of aryl methyl sites for hydroxylation is 1. The van der Waals surface area contributed by atoms with Crippen molar-refractivity contribution < 1.29 is 9.53 Å². The molecule has 0 radical (unpaired) electrons. The second-order valence-corrected chi connectivity index (χ2v) is 6.64. The molecule has 1 amide bonds. The summed E-state index contributed by atoms with van der Waals surface area (Å²) in [5, 5.41) is 2.89. The zero-order valence-electron chi connectivity index (χ0n) is 14.3. The summed E-state index contributed by atoms with van der Waals surface area (Å²) < 4.78 is 6.73. The fourth-order valence-corrected chi connectivity index (χ4v) is 2.78. The number of nitrogens with zero attached hydrogens (tertiary/aromatic N) is 3. The van der Waals surface area contributed by atoms with Gasteiger partial charge in [0.25, 0.3) is 11.5 Å². The number of nitrogens with one attached hydrogen (secondary N) is 1. The topological polar surface area (TPSA) is 76.5 Å². The molecule has 0 saturated carbocycles. The monoisotopic (exact) mass is 322 g/mol. The number of piperidine rings is 1. The average molecular weight is 322 g/mol. The minimum Gasteiger partial charge on any atom is -0.381 e. The number of likely N-dealkylation sites (tertiary alicyclic amines) is 1. The molecule has 0 bridgehead atoms. The number of aromatic nitrogens is 2. The Hall–Kier alpha value is -1.73. The summed E-state index contributed by atoms with van der Waals surface area (Å²) in [4.78, 5) is 30.1. The molecule has 0 aromatic carbocycles. The van der Waals surface area contributed by atoms with Crippen LogP contribution in [0.1, 0.15) is 37.2 Å². The summed E-state index contributed by atoms with van der Waals surface area (Å²) >= 11 is 0. The van der Waals surface area contributed by atoms with Gasteiger partial charge in [0.1, 0.15) is 5.69 Å². The maximum Gasteiger partial charge on any atom is 0.270 e. The number of rotatable bonds is 5. The number of hydrogen-bond donors (Lipinski definition) is 1. The molecule has 128 valence electrons. The van der Waals surface area contributed by atoms with E-state index in [0.29, 0.717) is 12.6 Å². The van der Waals surface area contributed by atoms with Crippen LogP contribution in [0.5, 0.6) is 0 Å². The molecule has 1 N–H and O–H groups in total. The van der Waals surface area contributed by atoms with Gasteiger partial charge in [-0.1, -0.05) is 0 Å². The van der Waals surface area contributed by atoms with E-state index in [-0.39, 0.29) is 22.7 Å². The lowest BCUT2D eigenvalue weighted by Crippen LogP contribution is -2.55. The SMILES string of the molecule is COC1CCN(C(C)(C)CNC(=O)c2cc(=O)n(C)cn2)CC1. The van der Waals surface area contributed by atoms with Crippen molar-refractivity contribution in [2.75, 3.05) is 26.7 Å². The van der Waals surface area contributed by atoms with Crippen LogP contribution in [-0.2, 0) is 11.8 Å². The summed E-state index contributed by atoms with van der Waals surface area (Å²) in [7, 11) is 3.35. The van der Waals surface area contributed by atoms with Gasteiger partial charge in [-0.05, 0) is 26.7 Å². The van der Waals surface area contributed by atoms with Crippen LogP contribution in [-0.4, -0.2) is 58.7 Å². The number of ether oxygens (including phenoxy) is 1. The molecular formula is C16H26N4O3. The number of carbonyl (C=O) groups is 1.